The molecule has 0 spiro atoms. The van der Waals surface area contributed by atoms with Crippen molar-refractivity contribution in [3.63, 3.8) is 0 Å². The Balaban J connectivity index is 0.00000140. The Morgan fingerprint density at radius 3 is 2.36 bits per heavy atom. The molecule has 3 aliphatic rings. The summed E-state index contributed by atoms with van der Waals surface area (Å²) in [5.74, 6) is 1.54. The van der Waals surface area contributed by atoms with E-state index in [9.17, 15) is 4.79 Å². The molecule has 158 valence electrons. The Bertz CT molecular complexity index is 589. The van der Waals surface area contributed by atoms with Gasteiger partial charge in [0.15, 0.2) is 0 Å². The predicted molar refractivity (Wildman–Crippen MR) is 119 cm³/mol. The van der Waals surface area contributed by atoms with Crippen molar-refractivity contribution in [1.29, 1.82) is 0 Å². The van der Waals surface area contributed by atoms with Crippen molar-refractivity contribution in [2.24, 2.45) is 11.8 Å². The van der Waals surface area contributed by atoms with Gasteiger partial charge in [0.25, 0.3) is 0 Å². The summed E-state index contributed by atoms with van der Waals surface area (Å²) in [6, 6.07) is 11.3. The van der Waals surface area contributed by atoms with Crippen LogP contribution in [0.2, 0.25) is 0 Å². The zero-order valence-corrected chi connectivity index (χ0v) is 18.4. The normalized spacial score (nSPS) is 23.6. The zero-order valence-electron chi connectivity index (χ0n) is 16.7. The van der Waals surface area contributed by atoms with Gasteiger partial charge in [-0.15, -0.1) is 24.8 Å². The minimum Gasteiger partial charge on any atom is -0.342 e. The van der Waals surface area contributed by atoms with Gasteiger partial charge in [0.05, 0.1) is 5.92 Å². The summed E-state index contributed by atoms with van der Waals surface area (Å²) in [7, 11) is 0. The zero-order chi connectivity index (χ0) is 17.8. The van der Waals surface area contributed by atoms with E-state index in [1.54, 1.807) is 0 Å². The SMILES string of the molecule is Cl.Cl.O=C(C1CCCN(Cc2ccccc2)C1)N1CCC(NCC2CC2)CC1. The second kappa shape index (κ2) is 11.4. The van der Waals surface area contributed by atoms with Gasteiger partial charge in [-0.05, 0) is 63.1 Å². The predicted octanol–water partition coefficient (Wildman–Crippen LogP) is 3.73. The van der Waals surface area contributed by atoms with Crippen molar-refractivity contribution >= 4 is 30.7 Å². The number of likely N-dealkylation sites (tertiary alicyclic amines) is 2. The average molecular weight is 428 g/mol. The average Bonchev–Trinajstić information content (AvgIpc) is 3.52. The highest BCUT2D eigenvalue weighted by molar-refractivity contribution is 5.85. The molecule has 1 aromatic rings. The maximum atomic E-state index is 13.0. The fraction of sp³-hybridized carbons (Fsp3) is 0.682. The minimum absolute atomic E-state index is 0. The van der Waals surface area contributed by atoms with Crippen molar-refractivity contribution in [1.82, 2.24) is 15.1 Å². The molecular weight excluding hydrogens is 393 g/mol. The van der Waals surface area contributed by atoms with Gasteiger partial charge in [-0.3, -0.25) is 9.69 Å². The van der Waals surface area contributed by atoms with Crippen molar-refractivity contribution in [3.8, 4) is 0 Å². The van der Waals surface area contributed by atoms with Crippen molar-refractivity contribution in [2.75, 3.05) is 32.7 Å². The van der Waals surface area contributed by atoms with Crippen LogP contribution in [0.1, 0.15) is 44.1 Å². The summed E-state index contributed by atoms with van der Waals surface area (Å²) in [5.41, 5.74) is 1.35. The van der Waals surface area contributed by atoms with Crippen LogP contribution in [0.4, 0.5) is 0 Å². The molecule has 1 amide bonds. The van der Waals surface area contributed by atoms with E-state index in [1.807, 2.05) is 0 Å². The number of carbonyl (C=O) groups excluding carboxylic acids is 1. The molecule has 1 aliphatic carbocycles. The highest BCUT2D eigenvalue weighted by Crippen LogP contribution is 2.28. The van der Waals surface area contributed by atoms with Gasteiger partial charge in [0.2, 0.25) is 5.91 Å². The topological polar surface area (TPSA) is 35.6 Å². The fourth-order valence-electron chi connectivity index (χ4n) is 4.46. The molecule has 0 radical (unpaired) electrons. The molecule has 4 rings (SSSR count). The number of nitrogens with one attached hydrogen (secondary N) is 1. The van der Waals surface area contributed by atoms with E-state index >= 15 is 0 Å². The number of nitrogens with zero attached hydrogens (tertiary/aromatic N) is 2. The Morgan fingerprint density at radius 1 is 0.964 bits per heavy atom. The van der Waals surface area contributed by atoms with Gasteiger partial charge in [-0.2, -0.15) is 0 Å². The molecule has 1 unspecified atom stereocenters. The van der Waals surface area contributed by atoms with Crippen LogP contribution in [0, 0.1) is 11.8 Å². The lowest BCUT2D eigenvalue weighted by Crippen LogP contribution is -2.49. The lowest BCUT2D eigenvalue weighted by Gasteiger charge is -2.38. The Hall–Kier alpha value is -0.810. The molecular formula is C22H35Cl2N3O. The van der Waals surface area contributed by atoms with E-state index in [1.165, 1.54) is 24.9 Å². The Morgan fingerprint density at radius 2 is 1.68 bits per heavy atom. The molecule has 1 N–H and O–H groups in total. The minimum atomic E-state index is 0. The summed E-state index contributed by atoms with van der Waals surface area (Å²) in [6.07, 6.45) is 7.27. The molecule has 1 saturated carbocycles. The molecule has 28 heavy (non-hydrogen) atoms. The van der Waals surface area contributed by atoms with Gasteiger partial charge < -0.3 is 10.2 Å². The first-order chi connectivity index (χ1) is 12.8. The summed E-state index contributed by atoms with van der Waals surface area (Å²) >= 11 is 0. The van der Waals surface area contributed by atoms with E-state index in [0.717, 1.165) is 64.3 Å². The fourth-order valence-corrected chi connectivity index (χ4v) is 4.46. The van der Waals surface area contributed by atoms with Gasteiger partial charge in [0, 0.05) is 32.2 Å². The number of benzene rings is 1. The van der Waals surface area contributed by atoms with E-state index in [2.05, 4.69) is 45.4 Å². The molecule has 1 atom stereocenters. The number of amides is 1. The van der Waals surface area contributed by atoms with Gasteiger partial charge >= 0.3 is 0 Å². The van der Waals surface area contributed by atoms with Gasteiger partial charge in [-0.1, -0.05) is 30.3 Å². The van der Waals surface area contributed by atoms with E-state index < -0.39 is 0 Å². The van der Waals surface area contributed by atoms with E-state index in [4.69, 9.17) is 0 Å². The Kier molecular flexibility index (Phi) is 9.55. The molecule has 1 aromatic carbocycles. The summed E-state index contributed by atoms with van der Waals surface area (Å²) in [4.78, 5) is 17.6. The third-order valence-electron chi connectivity index (χ3n) is 6.30. The molecule has 0 aromatic heterocycles. The summed E-state index contributed by atoms with van der Waals surface area (Å²) in [5, 5.41) is 3.71. The Labute approximate surface area is 182 Å². The number of rotatable bonds is 6. The summed E-state index contributed by atoms with van der Waals surface area (Å²) in [6.45, 7) is 6.08. The van der Waals surface area contributed by atoms with Crippen molar-refractivity contribution in [3.05, 3.63) is 35.9 Å². The van der Waals surface area contributed by atoms with Crippen LogP contribution in [-0.2, 0) is 11.3 Å². The van der Waals surface area contributed by atoms with Crippen LogP contribution in [0.3, 0.4) is 0 Å². The van der Waals surface area contributed by atoms with Gasteiger partial charge in [0.1, 0.15) is 0 Å². The maximum absolute atomic E-state index is 13.0. The first kappa shape index (κ1) is 23.5. The smallest absolute Gasteiger partial charge is 0.226 e. The standard InChI is InChI=1S/C22H33N3O.2ClH/c26-22(25-13-10-21(11-14-25)23-15-18-8-9-18)20-7-4-12-24(17-20)16-19-5-2-1-3-6-19;;/h1-3,5-6,18,20-21,23H,4,7-17H2;2*1H. The molecule has 2 heterocycles. The van der Waals surface area contributed by atoms with Crippen LogP contribution in [0.15, 0.2) is 30.3 Å². The molecule has 2 saturated heterocycles. The van der Waals surface area contributed by atoms with Crippen LogP contribution in [0.5, 0.6) is 0 Å². The lowest BCUT2D eigenvalue weighted by atomic mass is 9.94. The van der Waals surface area contributed by atoms with Crippen molar-refractivity contribution in [2.45, 2.75) is 51.1 Å². The molecule has 6 heteroatoms. The highest BCUT2D eigenvalue weighted by atomic mass is 35.5. The van der Waals surface area contributed by atoms with Crippen LogP contribution in [0.25, 0.3) is 0 Å². The second-order valence-electron chi connectivity index (χ2n) is 8.51. The second-order valence-corrected chi connectivity index (χ2v) is 8.51. The number of hydrogen-bond acceptors (Lipinski definition) is 3. The summed E-state index contributed by atoms with van der Waals surface area (Å²) < 4.78 is 0. The molecule has 3 fully saturated rings. The quantitative estimate of drug-likeness (QED) is 0.750. The number of carbonyl (C=O) groups is 1. The number of halogens is 2. The first-order valence-corrected chi connectivity index (χ1v) is 10.6. The molecule has 0 bridgehead atoms. The van der Waals surface area contributed by atoms with Crippen molar-refractivity contribution < 1.29 is 4.79 Å². The first-order valence-electron chi connectivity index (χ1n) is 10.6. The van der Waals surface area contributed by atoms with Crippen LogP contribution >= 0.6 is 24.8 Å². The molecule has 4 nitrogen and oxygen atoms in total. The largest absolute Gasteiger partial charge is 0.342 e. The third-order valence-corrected chi connectivity index (χ3v) is 6.30. The van der Waals surface area contributed by atoms with Gasteiger partial charge in [-0.25, -0.2) is 0 Å². The van der Waals surface area contributed by atoms with E-state index in [0.29, 0.717) is 11.9 Å². The highest BCUT2D eigenvalue weighted by Gasteiger charge is 2.32. The lowest BCUT2D eigenvalue weighted by molar-refractivity contribution is -0.138. The van der Waals surface area contributed by atoms with E-state index in [-0.39, 0.29) is 30.7 Å². The van der Waals surface area contributed by atoms with Crippen LogP contribution in [-0.4, -0.2) is 54.5 Å². The van der Waals surface area contributed by atoms with Crippen LogP contribution < -0.4 is 5.32 Å². The monoisotopic (exact) mass is 427 g/mol. The molecule has 2 aliphatic heterocycles. The number of piperidine rings is 2. The maximum Gasteiger partial charge on any atom is 0.226 e. The number of hydrogen-bond donors (Lipinski definition) is 1. The third kappa shape index (κ3) is 6.62.